The Morgan fingerprint density at radius 1 is 1.38 bits per heavy atom. The molecule has 4 atom stereocenters. The number of hydrogen-bond acceptors (Lipinski definition) is 4. The molecule has 0 aromatic rings. The molecular weight excluding hydrogens is 264 g/mol. The fraction of sp³-hybridized carbons (Fsp3) is 0.941. The molecule has 0 amide bonds. The van der Waals surface area contributed by atoms with Crippen LogP contribution < -0.4 is 5.32 Å². The number of nitrogens with one attached hydrogen (secondary N) is 1. The lowest BCUT2D eigenvalue weighted by molar-refractivity contribution is -0.143. The van der Waals surface area contributed by atoms with Gasteiger partial charge in [-0.25, -0.2) is 0 Å². The molecule has 2 aliphatic rings. The van der Waals surface area contributed by atoms with Crippen molar-refractivity contribution >= 4 is 5.97 Å². The van der Waals surface area contributed by atoms with E-state index in [1.165, 1.54) is 39.3 Å². The first-order chi connectivity index (χ1) is 10.1. The molecule has 1 N–H and O–H groups in total. The van der Waals surface area contributed by atoms with E-state index < -0.39 is 0 Å². The summed E-state index contributed by atoms with van der Waals surface area (Å²) in [4.78, 5) is 14.2. The van der Waals surface area contributed by atoms with Gasteiger partial charge in [0.2, 0.25) is 0 Å². The SMILES string of the molecule is CCCNC(CCN(C)CC1CC2CCC1C2)C(=O)OC. The predicted octanol–water partition coefficient (Wildman–Crippen LogP) is 2.29. The van der Waals surface area contributed by atoms with Crippen LogP contribution in [0.1, 0.15) is 45.4 Å². The zero-order chi connectivity index (χ0) is 15.2. The van der Waals surface area contributed by atoms with Gasteiger partial charge in [0.05, 0.1) is 7.11 Å². The number of carbonyl (C=O) groups is 1. The smallest absolute Gasteiger partial charge is 0.322 e. The van der Waals surface area contributed by atoms with E-state index in [4.69, 9.17) is 4.74 Å². The molecule has 2 aliphatic carbocycles. The highest BCUT2D eigenvalue weighted by Crippen LogP contribution is 2.48. The van der Waals surface area contributed by atoms with Crippen molar-refractivity contribution in [3.8, 4) is 0 Å². The maximum absolute atomic E-state index is 11.8. The van der Waals surface area contributed by atoms with Crippen LogP contribution >= 0.6 is 0 Å². The van der Waals surface area contributed by atoms with Crippen molar-refractivity contribution in [3.63, 3.8) is 0 Å². The molecule has 122 valence electrons. The van der Waals surface area contributed by atoms with Crippen LogP contribution in [0, 0.1) is 17.8 Å². The van der Waals surface area contributed by atoms with Crippen LogP contribution in [0.4, 0.5) is 0 Å². The summed E-state index contributed by atoms with van der Waals surface area (Å²) in [5, 5.41) is 3.29. The molecule has 4 heteroatoms. The molecule has 0 saturated heterocycles. The van der Waals surface area contributed by atoms with Gasteiger partial charge in [-0.1, -0.05) is 13.3 Å². The predicted molar refractivity (Wildman–Crippen MR) is 85.1 cm³/mol. The average Bonchev–Trinajstić information content (AvgIpc) is 3.09. The fourth-order valence-corrected chi connectivity index (χ4v) is 4.21. The number of esters is 1. The van der Waals surface area contributed by atoms with Crippen LogP contribution in [-0.2, 0) is 9.53 Å². The molecule has 2 rings (SSSR count). The minimum absolute atomic E-state index is 0.128. The second kappa shape index (κ2) is 8.14. The van der Waals surface area contributed by atoms with Crippen LogP contribution in [0.5, 0.6) is 0 Å². The van der Waals surface area contributed by atoms with E-state index in [1.807, 2.05) is 0 Å². The van der Waals surface area contributed by atoms with Crippen LogP contribution in [0.25, 0.3) is 0 Å². The van der Waals surface area contributed by atoms with Crippen molar-refractivity contribution in [3.05, 3.63) is 0 Å². The Morgan fingerprint density at radius 3 is 2.76 bits per heavy atom. The molecule has 0 aliphatic heterocycles. The topological polar surface area (TPSA) is 41.6 Å². The number of carbonyl (C=O) groups excluding carboxylic acids is 1. The minimum atomic E-state index is -0.155. The van der Waals surface area contributed by atoms with E-state index in [2.05, 4.69) is 24.2 Å². The van der Waals surface area contributed by atoms with Gasteiger partial charge in [0, 0.05) is 6.54 Å². The zero-order valence-electron chi connectivity index (χ0n) is 13.9. The maximum atomic E-state index is 11.8. The van der Waals surface area contributed by atoms with Gasteiger partial charge in [-0.05, 0) is 70.0 Å². The molecule has 4 nitrogen and oxygen atoms in total. The summed E-state index contributed by atoms with van der Waals surface area (Å²) in [5.41, 5.74) is 0. The number of rotatable bonds is 9. The first-order valence-electron chi connectivity index (χ1n) is 8.63. The molecule has 0 radical (unpaired) electrons. The minimum Gasteiger partial charge on any atom is -0.468 e. The Labute approximate surface area is 129 Å². The number of hydrogen-bond donors (Lipinski definition) is 1. The van der Waals surface area contributed by atoms with E-state index >= 15 is 0 Å². The van der Waals surface area contributed by atoms with Gasteiger partial charge in [-0.15, -0.1) is 0 Å². The number of ether oxygens (including phenoxy) is 1. The highest BCUT2D eigenvalue weighted by molar-refractivity contribution is 5.75. The van der Waals surface area contributed by atoms with Crippen molar-refractivity contribution in [2.75, 3.05) is 33.8 Å². The number of nitrogens with zero attached hydrogens (tertiary/aromatic N) is 1. The fourth-order valence-electron chi connectivity index (χ4n) is 4.21. The van der Waals surface area contributed by atoms with E-state index in [1.54, 1.807) is 0 Å². The summed E-state index contributed by atoms with van der Waals surface area (Å²) in [6.07, 6.45) is 7.70. The molecule has 4 unspecified atom stereocenters. The van der Waals surface area contributed by atoms with Gasteiger partial charge >= 0.3 is 5.97 Å². The monoisotopic (exact) mass is 296 g/mol. The van der Waals surface area contributed by atoms with E-state index in [0.717, 1.165) is 43.7 Å². The lowest BCUT2D eigenvalue weighted by Gasteiger charge is -2.28. The molecular formula is C17H32N2O2. The van der Waals surface area contributed by atoms with Gasteiger partial charge in [0.1, 0.15) is 6.04 Å². The summed E-state index contributed by atoms with van der Waals surface area (Å²) in [6, 6.07) is -0.155. The Bertz CT molecular complexity index is 335. The molecule has 2 fully saturated rings. The highest BCUT2D eigenvalue weighted by atomic mass is 16.5. The Hall–Kier alpha value is -0.610. The molecule has 0 spiro atoms. The highest BCUT2D eigenvalue weighted by Gasteiger charge is 2.39. The second-order valence-electron chi connectivity index (χ2n) is 7.02. The third-order valence-corrected chi connectivity index (χ3v) is 5.36. The summed E-state index contributed by atoms with van der Waals surface area (Å²) < 4.78 is 4.90. The van der Waals surface area contributed by atoms with Crippen molar-refractivity contribution in [2.45, 2.75) is 51.5 Å². The maximum Gasteiger partial charge on any atom is 0.322 e. The molecule has 2 saturated carbocycles. The van der Waals surface area contributed by atoms with Crippen molar-refractivity contribution in [2.24, 2.45) is 17.8 Å². The molecule has 21 heavy (non-hydrogen) atoms. The summed E-state index contributed by atoms with van der Waals surface area (Å²) in [6.45, 7) is 5.14. The molecule has 0 aromatic carbocycles. The Balaban J connectivity index is 1.70. The third-order valence-electron chi connectivity index (χ3n) is 5.36. The summed E-state index contributed by atoms with van der Waals surface area (Å²) >= 11 is 0. The van der Waals surface area contributed by atoms with Crippen LogP contribution in [-0.4, -0.2) is 50.7 Å². The van der Waals surface area contributed by atoms with Gasteiger partial charge < -0.3 is 15.0 Å². The lowest BCUT2D eigenvalue weighted by atomic mass is 9.88. The quantitative estimate of drug-likeness (QED) is 0.663. The third kappa shape index (κ3) is 4.68. The standard InChI is InChI=1S/C17H32N2O2/c1-4-8-18-16(17(20)21-3)7-9-19(2)12-15-11-13-5-6-14(15)10-13/h13-16,18H,4-12H2,1-3H3. The van der Waals surface area contributed by atoms with Gasteiger partial charge in [0.25, 0.3) is 0 Å². The van der Waals surface area contributed by atoms with Crippen molar-refractivity contribution in [1.29, 1.82) is 0 Å². The van der Waals surface area contributed by atoms with E-state index in [9.17, 15) is 4.79 Å². The van der Waals surface area contributed by atoms with Crippen LogP contribution in [0.15, 0.2) is 0 Å². The second-order valence-corrected chi connectivity index (χ2v) is 7.02. The van der Waals surface area contributed by atoms with Crippen LogP contribution in [0.2, 0.25) is 0 Å². The number of methoxy groups -OCH3 is 1. The van der Waals surface area contributed by atoms with E-state index in [0.29, 0.717) is 0 Å². The lowest BCUT2D eigenvalue weighted by Crippen LogP contribution is -2.41. The zero-order valence-corrected chi connectivity index (χ0v) is 13.9. The van der Waals surface area contributed by atoms with Crippen molar-refractivity contribution in [1.82, 2.24) is 10.2 Å². The Kier molecular flexibility index (Phi) is 6.49. The largest absolute Gasteiger partial charge is 0.468 e. The van der Waals surface area contributed by atoms with Crippen LogP contribution in [0.3, 0.4) is 0 Å². The summed E-state index contributed by atoms with van der Waals surface area (Å²) in [5.74, 6) is 2.76. The van der Waals surface area contributed by atoms with E-state index in [-0.39, 0.29) is 12.0 Å². The number of fused-ring (bicyclic) bond motifs is 2. The molecule has 0 aromatic heterocycles. The van der Waals surface area contributed by atoms with Gasteiger partial charge in [-0.3, -0.25) is 4.79 Å². The normalized spacial score (nSPS) is 29.0. The van der Waals surface area contributed by atoms with Gasteiger partial charge in [-0.2, -0.15) is 0 Å². The average molecular weight is 296 g/mol. The molecule has 2 bridgehead atoms. The molecule has 0 heterocycles. The first-order valence-corrected chi connectivity index (χ1v) is 8.63. The van der Waals surface area contributed by atoms with Crippen molar-refractivity contribution < 1.29 is 9.53 Å². The summed E-state index contributed by atoms with van der Waals surface area (Å²) in [7, 11) is 3.67. The first kappa shape index (κ1) is 16.8. The Morgan fingerprint density at radius 2 is 2.19 bits per heavy atom. The van der Waals surface area contributed by atoms with Gasteiger partial charge in [0.15, 0.2) is 0 Å².